The average molecular weight is 373 g/mol. The Kier molecular flexibility index (Phi) is 5.73. The van der Waals surface area contributed by atoms with Crippen molar-refractivity contribution in [2.24, 2.45) is 0 Å². The average Bonchev–Trinajstić information content (AvgIpc) is 2.62. The number of alkyl halides is 2. The summed E-state index contributed by atoms with van der Waals surface area (Å²) in [6.45, 7) is -1.18. The summed E-state index contributed by atoms with van der Waals surface area (Å²) in [5, 5.41) is 4.48. The highest BCUT2D eigenvalue weighted by Crippen LogP contribution is 2.30. The largest absolute Gasteiger partial charge is 0.433 e. The Morgan fingerprint density at radius 1 is 1.00 bits per heavy atom. The van der Waals surface area contributed by atoms with Gasteiger partial charge in [-0.15, -0.1) is 11.8 Å². The van der Waals surface area contributed by atoms with Crippen molar-refractivity contribution < 1.29 is 18.3 Å². The minimum absolute atomic E-state index is 0.0567. The number of thioether (sulfide) groups is 1. The lowest BCUT2D eigenvalue weighted by Gasteiger charge is -2.15. The van der Waals surface area contributed by atoms with Crippen LogP contribution in [0.2, 0.25) is 0 Å². The molecule has 0 fully saturated rings. The van der Waals surface area contributed by atoms with Crippen LogP contribution in [0.1, 0.15) is 6.92 Å². The highest BCUT2D eigenvalue weighted by atomic mass is 32.2. The molecule has 3 nitrogen and oxygen atoms in total. The second-order valence-corrected chi connectivity index (χ2v) is 7.05. The fourth-order valence-electron chi connectivity index (χ4n) is 2.50. The van der Waals surface area contributed by atoms with Gasteiger partial charge in [0.1, 0.15) is 5.75 Å². The van der Waals surface area contributed by atoms with Gasteiger partial charge in [-0.25, -0.2) is 0 Å². The van der Waals surface area contributed by atoms with Crippen molar-refractivity contribution in [2.75, 3.05) is 5.32 Å². The maximum atomic E-state index is 12.5. The maximum absolute atomic E-state index is 12.5. The molecule has 0 saturated carbocycles. The number of ether oxygens (including phenoxy) is 1. The Hall–Kier alpha value is -2.60. The van der Waals surface area contributed by atoms with Gasteiger partial charge in [0, 0.05) is 4.90 Å². The van der Waals surface area contributed by atoms with Crippen molar-refractivity contribution >= 4 is 34.1 Å². The van der Waals surface area contributed by atoms with Crippen molar-refractivity contribution in [3.8, 4) is 5.75 Å². The molecule has 6 heteroatoms. The van der Waals surface area contributed by atoms with Crippen LogP contribution in [0.15, 0.2) is 71.6 Å². The molecular formula is C20H17F2NO2S. The Morgan fingerprint density at radius 2 is 1.69 bits per heavy atom. The van der Waals surface area contributed by atoms with Crippen LogP contribution >= 0.6 is 11.8 Å². The predicted octanol–water partition coefficient (Wildman–Crippen LogP) is 5.56. The molecule has 0 radical (unpaired) electrons. The molecule has 0 aliphatic rings. The number of halogens is 2. The van der Waals surface area contributed by atoms with E-state index in [1.807, 2.05) is 42.5 Å². The summed E-state index contributed by atoms with van der Waals surface area (Å²) in [4.78, 5) is 13.4. The molecule has 3 aromatic rings. The van der Waals surface area contributed by atoms with Crippen LogP contribution in [0.3, 0.4) is 0 Å². The van der Waals surface area contributed by atoms with Gasteiger partial charge in [-0.05, 0) is 42.0 Å². The second-order valence-electron chi connectivity index (χ2n) is 5.63. The molecule has 0 aliphatic heterocycles. The zero-order chi connectivity index (χ0) is 18.5. The van der Waals surface area contributed by atoms with E-state index in [-0.39, 0.29) is 17.3 Å². The second kappa shape index (κ2) is 8.19. The molecule has 0 spiro atoms. The van der Waals surface area contributed by atoms with Crippen LogP contribution in [0.4, 0.5) is 14.5 Å². The summed E-state index contributed by atoms with van der Waals surface area (Å²) in [5.74, 6) is -0.341. The van der Waals surface area contributed by atoms with Gasteiger partial charge in [0.25, 0.3) is 0 Å². The first kappa shape index (κ1) is 18.2. The van der Waals surface area contributed by atoms with E-state index in [0.29, 0.717) is 0 Å². The van der Waals surface area contributed by atoms with E-state index in [1.54, 1.807) is 19.1 Å². The summed E-state index contributed by atoms with van der Waals surface area (Å²) in [6.07, 6.45) is 0. The molecule has 0 saturated heterocycles. The Bertz CT molecular complexity index is 917. The molecule has 1 unspecified atom stereocenters. The number of carbonyl (C=O) groups excluding carboxylic acids is 1. The van der Waals surface area contributed by atoms with Crippen LogP contribution in [0, 0.1) is 0 Å². The lowest BCUT2D eigenvalue weighted by molar-refractivity contribution is -0.115. The number of benzene rings is 3. The van der Waals surface area contributed by atoms with Gasteiger partial charge < -0.3 is 10.1 Å². The molecule has 26 heavy (non-hydrogen) atoms. The van der Waals surface area contributed by atoms with Crippen molar-refractivity contribution in [3.63, 3.8) is 0 Å². The number of hydrogen-bond donors (Lipinski definition) is 1. The summed E-state index contributed by atoms with van der Waals surface area (Å²) in [5.41, 5.74) is 0.226. The number of para-hydroxylation sites is 2. The highest BCUT2D eigenvalue weighted by molar-refractivity contribution is 8.00. The number of carbonyl (C=O) groups is 1. The number of fused-ring (bicyclic) bond motifs is 1. The van der Waals surface area contributed by atoms with Crippen molar-refractivity contribution in [3.05, 3.63) is 66.7 Å². The molecular weight excluding hydrogens is 356 g/mol. The molecule has 0 aromatic heterocycles. The van der Waals surface area contributed by atoms with Crippen LogP contribution in [0.5, 0.6) is 5.75 Å². The first-order chi connectivity index (χ1) is 12.5. The lowest BCUT2D eigenvalue weighted by atomic mass is 10.1. The van der Waals surface area contributed by atoms with Crippen molar-refractivity contribution in [1.29, 1.82) is 0 Å². The molecule has 1 N–H and O–H groups in total. The Labute approximate surface area is 154 Å². The van der Waals surface area contributed by atoms with Crippen molar-refractivity contribution in [2.45, 2.75) is 23.7 Å². The number of anilines is 1. The molecule has 1 atom stereocenters. The highest BCUT2D eigenvalue weighted by Gasteiger charge is 2.17. The smallest absolute Gasteiger partial charge is 0.387 e. The summed E-state index contributed by atoms with van der Waals surface area (Å²) < 4.78 is 29.4. The molecule has 3 rings (SSSR count). The molecule has 0 bridgehead atoms. The van der Waals surface area contributed by atoms with Gasteiger partial charge in [0.05, 0.1) is 10.9 Å². The van der Waals surface area contributed by atoms with Crippen LogP contribution in [-0.2, 0) is 4.79 Å². The molecule has 0 aliphatic carbocycles. The van der Waals surface area contributed by atoms with Gasteiger partial charge >= 0.3 is 6.61 Å². The zero-order valence-corrected chi connectivity index (χ0v) is 14.8. The number of hydrogen-bond acceptors (Lipinski definition) is 3. The molecule has 134 valence electrons. The predicted molar refractivity (Wildman–Crippen MR) is 101 cm³/mol. The normalized spacial score (nSPS) is 12.2. The SMILES string of the molecule is CC(Sc1ccc2ccccc2c1)C(=O)Nc1ccccc1OC(F)F. The lowest BCUT2D eigenvalue weighted by Crippen LogP contribution is -2.23. The first-order valence-corrected chi connectivity index (χ1v) is 8.91. The summed E-state index contributed by atoms with van der Waals surface area (Å²) in [6, 6.07) is 20.1. The monoisotopic (exact) mass is 373 g/mol. The minimum Gasteiger partial charge on any atom is -0.433 e. The van der Waals surface area contributed by atoms with E-state index in [4.69, 9.17) is 0 Å². The number of rotatable bonds is 6. The van der Waals surface area contributed by atoms with E-state index in [9.17, 15) is 13.6 Å². The molecule has 0 heterocycles. The summed E-state index contributed by atoms with van der Waals surface area (Å²) >= 11 is 1.40. The van der Waals surface area contributed by atoms with Gasteiger partial charge in [-0.3, -0.25) is 4.79 Å². The van der Waals surface area contributed by atoms with Crippen LogP contribution in [0.25, 0.3) is 10.8 Å². The summed E-state index contributed by atoms with van der Waals surface area (Å²) in [7, 11) is 0. The standard InChI is InChI=1S/C20H17F2NO2S/c1-13(26-16-11-10-14-6-2-3-7-15(14)12-16)19(24)23-17-8-4-5-9-18(17)25-20(21)22/h2-13,20H,1H3,(H,23,24). The van der Waals surface area contributed by atoms with Gasteiger partial charge in [0.2, 0.25) is 5.91 Å². The van der Waals surface area contributed by atoms with E-state index < -0.39 is 11.9 Å². The topological polar surface area (TPSA) is 38.3 Å². The van der Waals surface area contributed by atoms with Crippen molar-refractivity contribution in [1.82, 2.24) is 0 Å². The third kappa shape index (κ3) is 4.52. The van der Waals surface area contributed by atoms with Crippen LogP contribution < -0.4 is 10.1 Å². The minimum atomic E-state index is -2.95. The Morgan fingerprint density at radius 3 is 2.46 bits per heavy atom. The maximum Gasteiger partial charge on any atom is 0.387 e. The molecule has 3 aromatic carbocycles. The third-order valence-electron chi connectivity index (χ3n) is 3.76. The quantitative estimate of drug-likeness (QED) is 0.575. The third-order valence-corrected chi connectivity index (χ3v) is 4.86. The van der Waals surface area contributed by atoms with Gasteiger partial charge in [-0.2, -0.15) is 8.78 Å². The van der Waals surface area contributed by atoms with E-state index in [0.717, 1.165) is 15.7 Å². The Balaban J connectivity index is 1.69. The van der Waals surface area contributed by atoms with E-state index in [1.165, 1.54) is 23.9 Å². The van der Waals surface area contributed by atoms with E-state index >= 15 is 0 Å². The molecule has 1 amide bonds. The zero-order valence-electron chi connectivity index (χ0n) is 14.0. The number of nitrogens with one attached hydrogen (secondary N) is 1. The fraction of sp³-hybridized carbons (Fsp3) is 0.150. The first-order valence-electron chi connectivity index (χ1n) is 8.03. The van der Waals surface area contributed by atoms with E-state index in [2.05, 4.69) is 10.1 Å². The van der Waals surface area contributed by atoms with Gasteiger partial charge in [-0.1, -0.05) is 42.5 Å². The number of amides is 1. The fourth-order valence-corrected chi connectivity index (χ4v) is 3.42. The van der Waals surface area contributed by atoms with Crippen LogP contribution in [-0.4, -0.2) is 17.8 Å². The van der Waals surface area contributed by atoms with Gasteiger partial charge in [0.15, 0.2) is 0 Å².